The summed E-state index contributed by atoms with van der Waals surface area (Å²) in [5, 5.41) is 16.8. The molecular formula is C26H28O2. The van der Waals surface area contributed by atoms with Crippen LogP contribution in [-0.4, -0.2) is 11.1 Å². The van der Waals surface area contributed by atoms with Crippen LogP contribution in [0.1, 0.15) is 56.9 Å². The minimum atomic E-state index is -0.673. The van der Waals surface area contributed by atoms with Crippen molar-refractivity contribution >= 4 is 38.3 Å². The molecule has 2 nitrogen and oxygen atoms in total. The Labute approximate surface area is 166 Å². The van der Waals surface area contributed by atoms with Gasteiger partial charge in [0.1, 0.15) is 0 Å². The number of benzene rings is 4. The van der Waals surface area contributed by atoms with Crippen LogP contribution in [0.3, 0.4) is 0 Å². The lowest BCUT2D eigenvalue weighted by Gasteiger charge is -2.12. The first-order valence-corrected chi connectivity index (χ1v) is 10.6. The molecular weight excluding hydrogens is 344 g/mol. The van der Waals surface area contributed by atoms with E-state index in [9.17, 15) is 4.79 Å². The Morgan fingerprint density at radius 1 is 0.643 bits per heavy atom. The Hall–Kier alpha value is -2.61. The number of carboxylic acids is 1. The van der Waals surface area contributed by atoms with Crippen molar-refractivity contribution in [2.75, 3.05) is 0 Å². The first-order chi connectivity index (χ1) is 13.7. The van der Waals surface area contributed by atoms with Gasteiger partial charge in [0.05, 0.1) is 0 Å². The van der Waals surface area contributed by atoms with Crippen LogP contribution in [-0.2, 0) is 11.2 Å². The number of aryl methyl sites for hydroxylation is 1. The quantitative estimate of drug-likeness (QED) is 0.234. The first kappa shape index (κ1) is 18.7. The molecule has 28 heavy (non-hydrogen) atoms. The molecule has 4 aromatic rings. The lowest BCUT2D eigenvalue weighted by atomic mass is 9.92. The molecule has 0 unspecified atom stereocenters. The minimum Gasteiger partial charge on any atom is -0.481 e. The zero-order valence-electron chi connectivity index (χ0n) is 16.4. The summed E-state index contributed by atoms with van der Waals surface area (Å²) in [6.07, 6.45) is 9.43. The zero-order chi connectivity index (χ0) is 19.3. The molecule has 144 valence electrons. The highest BCUT2D eigenvalue weighted by Crippen LogP contribution is 2.35. The predicted octanol–water partition coefficient (Wildman–Crippen LogP) is 7.33. The van der Waals surface area contributed by atoms with Crippen LogP contribution < -0.4 is 0 Å². The van der Waals surface area contributed by atoms with Gasteiger partial charge in [-0.05, 0) is 57.1 Å². The van der Waals surface area contributed by atoms with Crippen LogP contribution in [0.15, 0.2) is 54.6 Å². The van der Waals surface area contributed by atoms with Crippen molar-refractivity contribution in [3.05, 3.63) is 60.2 Å². The SMILES string of the molecule is O=C(O)CCCCCCCCCc1cc2ccc3cccc4ccc(c1)c2c34. The van der Waals surface area contributed by atoms with E-state index in [4.69, 9.17) is 5.11 Å². The van der Waals surface area contributed by atoms with E-state index in [-0.39, 0.29) is 0 Å². The van der Waals surface area contributed by atoms with Crippen LogP contribution in [0.5, 0.6) is 0 Å². The highest BCUT2D eigenvalue weighted by atomic mass is 16.4. The predicted molar refractivity (Wildman–Crippen MR) is 118 cm³/mol. The van der Waals surface area contributed by atoms with Crippen LogP contribution in [0.25, 0.3) is 32.3 Å². The maximum atomic E-state index is 10.5. The largest absolute Gasteiger partial charge is 0.481 e. The normalized spacial score (nSPS) is 11.7. The van der Waals surface area contributed by atoms with E-state index in [0.29, 0.717) is 6.42 Å². The van der Waals surface area contributed by atoms with Crippen molar-refractivity contribution in [3.63, 3.8) is 0 Å². The van der Waals surface area contributed by atoms with Gasteiger partial charge < -0.3 is 5.11 Å². The second-order valence-corrected chi connectivity index (χ2v) is 8.00. The lowest BCUT2D eigenvalue weighted by molar-refractivity contribution is -0.137. The Bertz CT molecular complexity index is 1020. The molecule has 0 aliphatic carbocycles. The molecule has 0 amide bonds. The van der Waals surface area contributed by atoms with Gasteiger partial charge in [0.15, 0.2) is 0 Å². The molecule has 2 heteroatoms. The first-order valence-electron chi connectivity index (χ1n) is 10.6. The highest BCUT2D eigenvalue weighted by Gasteiger charge is 2.09. The summed E-state index contributed by atoms with van der Waals surface area (Å²) >= 11 is 0. The molecule has 0 heterocycles. The number of hydrogen-bond donors (Lipinski definition) is 1. The van der Waals surface area contributed by atoms with Gasteiger partial charge in [-0.3, -0.25) is 4.79 Å². The van der Waals surface area contributed by atoms with Gasteiger partial charge in [-0.1, -0.05) is 86.7 Å². The van der Waals surface area contributed by atoms with Gasteiger partial charge in [0.2, 0.25) is 0 Å². The summed E-state index contributed by atoms with van der Waals surface area (Å²) in [6.45, 7) is 0. The molecule has 0 saturated carbocycles. The standard InChI is InChI=1S/C26H28O2/c27-24(28)12-7-5-3-1-2-4-6-9-19-17-22-15-13-20-10-8-11-21-14-16-23(18-19)26(22)25(20)21/h8,10-11,13-18H,1-7,9,12H2,(H,27,28). The van der Waals surface area contributed by atoms with Gasteiger partial charge in [-0.15, -0.1) is 0 Å². The van der Waals surface area contributed by atoms with Gasteiger partial charge in [0, 0.05) is 6.42 Å². The fraction of sp³-hybridized carbons (Fsp3) is 0.346. The monoisotopic (exact) mass is 372 g/mol. The molecule has 0 atom stereocenters. The highest BCUT2D eigenvalue weighted by molar-refractivity contribution is 6.23. The Kier molecular flexibility index (Phi) is 5.76. The van der Waals surface area contributed by atoms with E-state index in [1.165, 1.54) is 63.6 Å². The van der Waals surface area contributed by atoms with E-state index in [1.54, 1.807) is 0 Å². The number of unbranched alkanes of at least 4 members (excludes halogenated alkanes) is 6. The van der Waals surface area contributed by atoms with Crippen LogP contribution in [0, 0.1) is 0 Å². The van der Waals surface area contributed by atoms with Crippen molar-refractivity contribution < 1.29 is 9.90 Å². The van der Waals surface area contributed by atoms with Crippen molar-refractivity contribution in [2.24, 2.45) is 0 Å². The van der Waals surface area contributed by atoms with Gasteiger partial charge in [-0.2, -0.15) is 0 Å². The maximum absolute atomic E-state index is 10.5. The van der Waals surface area contributed by atoms with Crippen LogP contribution >= 0.6 is 0 Å². The second kappa shape index (κ2) is 8.60. The number of hydrogen-bond acceptors (Lipinski definition) is 1. The average Bonchev–Trinajstić information content (AvgIpc) is 2.70. The third-order valence-corrected chi connectivity index (χ3v) is 5.88. The Morgan fingerprint density at radius 2 is 1.14 bits per heavy atom. The summed E-state index contributed by atoms with van der Waals surface area (Å²) in [5.74, 6) is -0.673. The molecule has 0 aromatic heterocycles. The molecule has 0 saturated heterocycles. The van der Waals surface area contributed by atoms with Crippen molar-refractivity contribution in [3.8, 4) is 0 Å². The third kappa shape index (κ3) is 4.11. The second-order valence-electron chi connectivity index (χ2n) is 8.00. The third-order valence-electron chi connectivity index (χ3n) is 5.88. The Morgan fingerprint density at radius 3 is 1.75 bits per heavy atom. The van der Waals surface area contributed by atoms with Crippen molar-refractivity contribution in [2.45, 2.75) is 57.8 Å². The van der Waals surface area contributed by atoms with E-state index in [0.717, 1.165) is 25.7 Å². The summed E-state index contributed by atoms with van der Waals surface area (Å²) in [5.41, 5.74) is 1.44. The molecule has 4 rings (SSSR count). The molecule has 0 fully saturated rings. The molecule has 0 aliphatic heterocycles. The molecule has 0 radical (unpaired) electrons. The molecule has 0 aliphatic rings. The fourth-order valence-corrected chi connectivity index (χ4v) is 4.45. The molecule has 0 bridgehead atoms. The fourth-order valence-electron chi connectivity index (χ4n) is 4.45. The van der Waals surface area contributed by atoms with Gasteiger partial charge in [0.25, 0.3) is 0 Å². The molecule has 0 spiro atoms. The maximum Gasteiger partial charge on any atom is 0.303 e. The number of rotatable bonds is 10. The van der Waals surface area contributed by atoms with E-state index >= 15 is 0 Å². The molecule has 4 aromatic carbocycles. The molecule has 1 N–H and O–H groups in total. The van der Waals surface area contributed by atoms with Crippen LogP contribution in [0.2, 0.25) is 0 Å². The summed E-state index contributed by atoms with van der Waals surface area (Å²) in [4.78, 5) is 10.5. The van der Waals surface area contributed by atoms with Gasteiger partial charge >= 0.3 is 5.97 Å². The summed E-state index contributed by atoms with van der Waals surface area (Å²) in [6, 6.07) is 20.3. The van der Waals surface area contributed by atoms with Gasteiger partial charge in [-0.25, -0.2) is 0 Å². The smallest absolute Gasteiger partial charge is 0.303 e. The number of carbonyl (C=O) groups is 1. The summed E-state index contributed by atoms with van der Waals surface area (Å²) < 4.78 is 0. The average molecular weight is 373 g/mol. The van der Waals surface area contributed by atoms with Crippen molar-refractivity contribution in [1.82, 2.24) is 0 Å². The van der Waals surface area contributed by atoms with Crippen molar-refractivity contribution in [1.29, 1.82) is 0 Å². The van der Waals surface area contributed by atoms with Crippen LogP contribution in [0.4, 0.5) is 0 Å². The number of carboxylic acid groups (broad SMARTS) is 1. The van der Waals surface area contributed by atoms with E-state index in [1.807, 2.05) is 0 Å². The summed E-state index contributed by atoms with van der Waals surface area (Å²) in [7, 11) is 0. The zero-order valence-corrected chi connectivity index (χ0v) is 16.4. The van der Waals surface area contributed by atoms with E-state index < -0.39 is 5.97 Å². The number of aliphatic carboxylic acids is 1. The minimum absolute atomic E-state index is 0.315. The van der Waals surface area contributed by atoms with E-state index in [2.05, 4.69) is 54.6 Å². The topological polar surface area (TPSA) is 37.3 Å². The lowest BCUT2D eigenvalue weighted by Crippen LogP contribution is -1.93. The Balaban J connectivity index is 1.34.